The predicted octanol–water partition coefficient (Wildman–Crippen LogP) is 2.23. The maximum absolute atomic E-state index is 13.0. The standard InChI is InChI=1S/C16H24FN3O/c1-16(18-2)7-10-20(11-8-16)9-6-15(21)19-14-5-3-4-13(17)12-14/h3-5,12,18H,6-11H2,1-2H3,(H,19,21). The largest absolute Gasteiger partial charge is 0.326 e. The highest BCUT2D eigenvalue weighted by molar-refractivity contribution is 5.90. The van der Waals surface area contributed by atoms with Gasteiger partial charge in [-0.05, 0) is 58.1 Å². The zero-order valence-corrected chi connectivity index (χ0v) is 12.8. The first kappa shape index (κ1) is 15.9. The van der Waals surface area contributed by atoms with E-state index < -0.39 is 0 Å². The van der Waals surface area contributed by atoms with E-state index in [9.17, 15) is 9.18 Å². The first-order chi connectivity index (χ1) is 10.0. The fraction of sp³-hybridized carbons (Fsp3) is 0.562. The molecule has 1 amide bonds. The molecule has 0 bridgehead atoms. The van der Waals surface area contributed by atoms with Crippen LogP contribution in [0.3, 0.4) is 0 Å². The summed E-state index contributed by atoms with van der Waals surface area (Å²) >= 11 is 0. The fourth-order valence-electron chi connectivity index (χ4n) is 2.57. The second-order valence-corrected chi connectivity index (χ2v) is 5.96. The van der Waals surface area contributed by atoms with Crippen molar-refractivity contribution in [1.29, 1.82) is 0 Å². The zero-order valence-electron chi connectivity index (χ0n) is 12.8. The Balaban J connectivity index is 1.73. The van der Waals surface area contributed by atoms with Gasteiger partial charge in [-0.1, -0.05) is 6.07 Å². The molecule has 0 aromatic heterocycles. The molecule has 4 nitrogen and oxygen atoms in total. The number of hydrogen-bond acceptors (Lipinski definition) is 3. The van der Waals surface area contributed by atoms with E-state index in [1.54, 1.807) is 12.1 Å². The normalized spacial score (nSPS) is 18.4. The number of hydrogen-bond donors (Lipinski definition) is 2. The third-order valence-corrected chi connectivity index (χ3v) is 4.33. The van der Waals surface area contributed by atoms with Crippen LogP contribution in [0.4, 0.5) is 10.1 Å². The van der Waals surface area contributed by atoms with Crippen LogP contribution in [0.5, 0.6) is 0 Å². The van der Waals surface area contributed by atoms with E-state index in [1.165, 1.54) is 12.1 Å². The van der Waals surface area contributed by atoms with Crippen molar-refractivity contribution in [3.05, 3.63) is 30.1 Å². The van der Waals surface area contributed by atoms with Gasteiger partial charge >= 0.3 is 0 Å². The van der Waals surface area contributed by atoms with Crippen LogP contribution in [0.15, 0.2) is 24.3 Å². The Bertz CT molecular complexity index is 484. The lowest BCUT2D eigenvalue weighted by Gasteiger charge is -2.39. The van der Waals surface area contributed by atoms with Gasteiger partial charge in [0.05, 0.1) is 0 Å². The molecule has 0 unspecified atom stereocenters. The molecule has 1 saturated heterocycles. The van der Waals surface area contributed by atoms with Crippen molar-refractivity contribution in [3.63, 3.8) is 0 Å². The van der Waals surface area contributed by atoms with Gasteiger partial charge in [0.2, 0.25) is 5.91 Å². The number of carbonyl (C=O) groups is 1. The second-order valence-electron chi connectivity index (χ2n) is 5.96. The Morgan fingerprint density at radius 3 is 2.71 bits per heavy atom. The first-order valence-electron chi connectivity index (χ1n) is 7.47. The average Bonchev–Trinajstić information content (AvgIpc) is 2.47. The highest BCUT2D eigenvalue weighted by Gasteiger charge is 2.28. The van der Waals surface area contributed by atoms with Crippen LogP contribution in [0, 0.1) is 5.82 Å². The molecule has 116 valence electrons. The van der Waals surface area contributed by atoms with E-state index >= 15 is 0 Å². The molecule has 1 aliphatic rings. The highest BCUT2D eigenvalue weighted by Crippen LogP contribution is 2.21. The summed E-state index contributed by atoms with van der Waals surface area (Å²) in [5.41, 5.74) is 0.738. The van der Waals surface area contributed by atoms with Crippen molar-refractivity contribution in [2.45, 2.75) is 31.7 Å². The molecule has 2 rings (SSSR count). The summed E-state index contributed by atoms with van der Waals surface area (Å²) in [5.74, 6) is -0.405. The molecule has 1 fully saturated rings. The van der Waals surface area contributed by atoms with Gasteiger partial charge in [0, 0.05) is 24.2 Å². The van der Waals surface area contributed by atoms with Crippen molar-refractivity contribution >= 4 is 11.6 Å². The third kappa shape index (κ3) is 4.79. The summed E-state index contributed by atoms with van der Waals surface area (Å²) in [6.07, 6.45) is 2.62. The first-order valence-corrected chi connectivity index (χ1v) is 7.47. The summed E-state index contributed by atoms with van der Waals surface area (Å²) in [5, 5.41) is 6.09. The topological polar surface area (TPSA) is 44.4 Å². The van der Waals surface area contributed by atoms with Gasteiger partial charge < -0.3 is 15.5 Å². The summed E-state index contributed by atoms with van der Waals surface area (Å²) in [4.78, 5) is 14.2. The Morgan fingerprint density at radius 2 is 2.10 bits per heavy atom. The number of amides is 1. The molecule has 0 aliphatic carbocycles. The summed E-state index contributed by atoms with van der Waals surface area (Å²) in [7, 11) is 2.00. The summed E-state index contributed by atoms with van der Waals surface area (Å²) in [6.45, 7) is 5.00. The van der Waals surface area contributed by atoms with Gasteiger partial charge in [-0.15, -0.1) is 0 Å². The van der Waals surface area contributed by atoms with Gasteiger partial charge in [0.1, 0.15) is 5.82 Å². The van der Waals surface area contributed by atoms with E-state index in [1.807, 2.05) is 7.05 Å². The van der Waals surface area contributed by atoms with Gasteiger partial charge in [-0.2, -0.15) is 0 Å². The predicted molar refractivity (Wildman–Crippen MR) is 82.8 cm³/mol. The van der Waals surface area contributed by atoms with Crippen molar-refractivity contribution in [1.82, 2.24) is 10.2 Å². The smallest absolute Gasteiger partial charge is 0.225 e. The molecule has 5 heteroatoms. The van der Waals surface area contributed by atoms with Crippen LogP contribution in [-0.2, 0) is 4.79 Å². The molecule has 1 aromatic rings. The highest BCUT2D eigenvalue weighted by atomic mass is 19.1. The monoisotopic (exact) mass is 293 g/mol. The number of rotatable bonds is 5. The Morgan fingerprint density at radius 1 is 1.38 bits per heavy atom. The van der Waals surface area contributed by atoms with E-state index in [-0.39, 0.29) is 17.3 Å². The zero-order chi connectivity index (χ0) is 15.3. The molecule has 1 aliphatic heterocycles. The summed E-state index contributed by atoms with van der Waals surface area (Å²) < 4.78 is 13.0. The van der Waals surface area contributed by atoms with Gasteiger partial charge in [-0.25, -0.2) is 4.39 Å². The molecule has 21 heavy (non-hydrogen) atoms. The molecule has 0 spiro atoms. The molecule has 0 saturated carbocycles. The minimum absolute atomic E-state index is 0.0671. The number of halogens is 1. The average molecular weight is 293 g/mol. The van der Waals surface area contributed by atoms with Crippen LogP contribution in [0.25, 0.3) is 0 Å². The SMILES string of the molecule is CNC1(C)CCN(CCC(=O)Nc2cccc(F)c2)CC1. The number of anilines is 1. The molecule has 2 N–H and O–H groups in total. The van der Waals surface area contributed by atoms with E-state index in [2.05, 4.69) is 22.5 Å². The number of carbonyl (C=O) groups excluding carboxylic acids is 1. The molecular weight excluding hydrogens is 269 g/mol. The van der Waals surface area contributed by atoms with E-state index in [4.69, 9.17) is 0 Å². The van der Waals surface area contributed by atoms with E-state index in [0.29, 0.717) is 12.1 Å². The van der Waals surface area contributed by atoms with Crippen LogP contribution in [0.2, 0.25) is 0 Å². The lowest BCUT2D eigenvalue weighted by atomic mass is 9.90. The molecule has 1 heterocycles. The Kier molecular flexibility index (Phi) is 5.31. The van der Waals surface area contributed by atoms with Crippen molar-refractivity contribution < 1.29 is 9.18 Å². The number of likely N-dealkylation sites (tertiary alicyclic amines) is 1. The third-order valence-electron chi connectivity index (χ3n) is 4.33. The van der Waals surface area contributed by atoms with Gasteiger partial charge in [-0.3, -0.25) is 4.79 Å². The molecule has 0 atom stereocenters. The van der Waals surface area contributed by atoms with Crippen LogP contribution in [-0.4, -0.2) is 43.0 Å². The van der Waals surface area contributed by atoms with Crippen molar-refractivity contribution in [2.75, 3.05) is 32.0 Å². The Hall–Kier alpha value is -1.46. The number of nitrogens with zero attached hydrogens (tertiary/aromatic N) is 1. The maximum Gasteiger partial charge on any atom is 0.225 e. The quantitative estimate of drug-likeness (QED) is 0.875. The van der Waals surface area contributed by atoms with Crippen LogP contribution in [0.1, 0.15) is 26.2 Å². The molecule has 0 radical (unpaired) electrons. The lowest BCUT2D eigenvalue weighted by molar-refractivity contribution is -0.116. The maximum atomic E-state index is 13.0. The molecule has 1 aromatic carbocycles. The lowest BCUT2D eigenvalue weighted by Crippen LogP contribution is -2.50. The second kappa shape index (κ2) is 7.00. The Labute approximate surface area is 125 Å². The van der Waals surface area contributed by atoms with Gasteiger partial charge in [0.25, 0.3) is 0 Å². The van der Waals surface area contributed by atoms with Crippen LogP contribution < -0.4 is 10.6 Å². The van der Waals surface area contributed by atoms with Crippen molar-refractivity contribution in [2.24, 2.45) is 0 Å². The van der Waals surface area contributed by atoms with E-state index in [0.717, 1.165) is 32.5 Å². The summed E-state index contributed by atoms with van der Waals surface area (Å²) in [6, 6.07) is 5.98. The van der Waals surface area contributed by atoms with Gasteiger partial charge in [0.15, 0.2) is 0 Å². The van der Waals surface area contributed by atoms with Crippen molar-refractivity contribution in [3.8, 4) is 0 Å². The number of benzene rings is 1. The van der Waals surface area contributed by atoms with Crippen LogP contribution >= 0.6 is 0 Å². The minimum atomic E-state index is -0.338. The number of nitrogens with one attached hydrogen (secondary N) is 2. The minimum Gasteiger partial charge on any atom is -0.326 e. The molecular formula is C16H24FN3O. The fourth-order valence-corrected chi connectivity index (χ4v) is 2.57. The number of piperidine rings is 1.